The quantitative estimate of drug-likeness (QED) is 0.508. The Hall–Kier alpha value is -0.810. The first-order valence-corrected chi connectivity index (χ1v) is 7.30. The standard InChI is InChI=1S/C12H19N3OS/c1-17-12-7-11(14-8-15-12)16-10-6-4-2-3-5-9(10)13/h7-10H,2-6,13H2,1H3. The van der Waals surface area contributed by atoms with E-state index in [2.05, 4.69) is 9.97 Å². The second-order valence-corrected chi connectivity index (χ2v) is 5.18. The zero-order valence-electron chi connectivity index (χ0n) is 10.1. The Morgan fingerprint density at radius 3 is 2.94 bits per heavy atom. The first-order valence-electron chi connectivity index (χ1n) is 6.08. The van der Waals surface area contributed by atoms with Crippen LogP contribution in [0.4, 0.5) is 0 Å². The summed E-state index contributed by atoms with van der Waals surface area (Å²) >= 11 is 1.59. The van der Waals surface area contributed by atoms with Crippen LogP contribution >= 0.6 is 11.8 Å². The van der Waals surface area contributed by atoms with Crippen molar-refractivity contribution in [3.63, 3.8) is 0 Å². The third-order valence-electron chi connectivity index (χ3n) is 3.10. The molecule has 1 aromatic heterocycles. The molecule has 0 bridgehead atoms. The molecule has 2 atom stereocenters. The Kier molecular flexibility index (Phi) is 4.62. The molecule has 0 saturated heterocycles. The van der Waals surface area contributed by atoms with Gasteiger partial charge in [0.1, 0.15) is 17.5 Å². The molecule has 2 unspecified atom stereocenters. The maximum absolute atomic E-state index is 6.12. The van der Waals surface area contributed by atoms with Crippen LogP contribution in [0.1, 0.15) is 32.1 Å². The number of aromatic nitrogens is 2. The van der Waals surface area contributed by atoms with Crippen LogP contribution in [-0.4, -0.2) is 28.4 Å². The van der Waals surface area contributed by atoms with E-state index in [1.165, 1.54) is 19.3 Å². The van der Waals surface area contributed by atoms with Crippen molar-refractivity contribution in [3.05, 3.63) is 12.4 Å². The van der Waals surface area contributed by atoms with Crippen LogP contribution < -0.4 is 10.5 Å². The lowest BCUT2D eigenvalue weighted by molar-refractivity contribution is 0.155. The summed E-state index contributed by atoms with van der Waals surface area (Å²) in [6.07, 6.45) is 9.37. The van der Waals surface area contributed by atoms with Gasteiger partial charge in [0, 0.05) is 12.1 Å². The average molecular weight is 253 g/mol. The van der Waals surface area contributed by atoms with Gasteiger partial charge < -0.3 is 10.5 Å². The van der Waals surface area contributed by atoms with Gasteiger partial charge in [0.25, 0.3) is 0 Å². The Morgan fingerprint density at radius 1 is 1.29 bits per heavy atom. The minimum atomic E-state index is 0.0992. The molecule has 1 aliphatic carbocycles. The summed E-state index contributed by atoms with van der Waals surface area (Å²) < 4.78 is 5.90. The number of hydrogen-bond acceptors (Lipinski definition) is 5. The third kappa shape index (κ3) is 3.57. The summed E-state index contributed by atoms with van der Waals surface area (Å²) in [5.41, 5.74) is 6.12. The van der Waals surface area contributed by atoms with E-state index in [1.54, 1.807) is 18.1 Å². The van der Waals surface area contributed by atoms with Crippen molar-refractivity contribution >= 4 is 11.8 Å². The predicted molar refractivity (Wildman–Crippen MR) is 69.3 cm³/mol. The molecule has 94 valence electrons. The van der Waals surface area contributed by atoms with Crippen LogP contribution in [0.5, 0.6) is 5.88 Å². The number of nitrogens with two attached hydrogens (primary N) is 1. The van der Waals surface area contributed by atoms with Gasteiger partial charge in [-0.05, 0) is 25.5 Å². The Morgan fingerprint density at radius 2 is 2.12 bits per heavy atom. The normalized spacial score (nSPS) is 25.3. The Balaban J connectivity index is 2.02. The van der Waals surface area contributed by atoms with Crippen molar-refractivity contribution in [2.75, 3.05) is 6.26 Å². The molecule has 0 radical (unpaired) electrons. The molecule has 4 nitrogen and oxygen atoms in total. The lowest BCUT2D eigenvalue weighted by Gasteiger charge is -2.22. The largest absolute Gasteiger partial charge is 0.473 e. The summed E-state index contributed by atoms with van der Waals surface area (Å²) in [4.78, 5) is 8.27. The minimum Gasteiger partial charge on any atom is -0.473 e. The monoisotopic (exact) mass is 253 g/mol. The zero-order chi connectivity index (χ0) is 12.1. The first-order chi connectivity index (χ1) is 8.29. The van der Waals surface area contributed by atoms with Crippen molar-refractivity contribution in [1.29, 1.82) is 0 Å². The summed E-state index contributed by atoms with van der Waals surface area (Å²) in [6.45, 7) is 0. The molecule has 0 amide bonds. The predicted octanol–water partition coefficient (Wildman–Crippen LogP) is 2.24. The fourth-order valence-corrected chi connectivity index (χ4v) is 2.47. The molecular formula is C12H19N3OS. The zero-order valence-corrected chi connectivity index (χ0v) is 10.9. The van der Waals surface area contributed by atoms with Crippen molar-refractivity contribution in [1.82, 2.24) is 9.97 Å². The highest BCUT2D eigenvalue weighted by Gasteiger charge is 2.22. The second-order valence-electron chi connectivity index (χ2n) is 4.36. The van der Waals surface area contributed by atoms with Crippen molar-refractivity contribution < 1.29 is 4.74 Å². The van der Waals surface area contributed by atoms with E-state index in [9.17, 15) is 0 Å². The molecule has 1 heterocycles. The van der Waals surface area contributed by atoms with Gasteiger partial charge in [0.15, 0.2) is 0 Å². The van der Waals surface area contributed by atoms with Crippen LogP contribution in [0.2, 0.25) is 0 Å². The van der Waals surface area contributed by atoms with Gasteiger partial charge in [0.05, 0.1) is 0 Å². The summed E-state index contributed by atoms with van der Waals surface area (Å²) in [5, 5.41) is 0.928. The number of nitrogens with zero attached hydrogens (tertiary/aromatic N) is 2. The molecule has 0 spiro atoms. The number of rotatable bonds is 3. The molecule has 1 fully saturated rings. The van der Waals surface area contributed by atoms with Gasteiger partial charge in [-0.25, -0.2) is 9.97 Å². The van der Waals surface area contributed by atoms with Gasteiger partial charge >= 0.3 is 0 Å². The molecule has 2 rings (SSSR count). The summed E-state index contributed by atoms with van der Waals surface area (Å²) in [5.74, 6) is 0.645. The number of hydrogen-bond donors (Lipinski definition) is 1. The average Bonchev–Trinajstić information content (AvgIpc) is 2.55. The van der Waals surface area contributed by atoms with E-state index in [-0.39, 0.29) is 12.1 Å². The van der Waals surface area contributed by atoms with Crippen LogP contribution in [0.25, 0.3) is 0 Å². The van der Waals surface area contributed by atoms with Gasteiger partial charge in [-0.3, -0.25) is 0 Å². The molecule has 5 heteroatoms. The van der Waals surface area contributed by atoms with Crippen molar-refractivity contribution in [2.45, 2.75) is 49.3 Å². The maximum Gasteiger partial charge on any atom is 0.217 e. The smallest absolute Gasteiger partial charge is 0.217 e. The van der Waals surface area contributed by atoms with E-state index in [0.29, 0.717) is 5.88 Å². The highest BCUT2D eigenvalue weighted by molar-refractivity contribution is 7.98. The summed E-state index contributed by atoms with van der Waals surface area (Å²) in [7, 11) is 0. The van der Waals surface area contributed by atoms with Crippen molar-refractivity contribution in [3.8, 4) is 5.88 Å². The topological polar surface area (TPSA) is 61.0 Å². The second kappa shape index (κ2) is 6.21. The molecule has 0 aliphatic heterocycles. The van der Waals surface area contributed by atoms with Gasteiger partial charge in [-0.1, -0.05) is 12.8 Å². The van der Waals surface area contributed by atoms with Crippen molar-refractivity contribution in [2.24, 2.45) is 5.73 Å². The van der Waals surface area contributed by atoms with Crippen LogP contribution in [-0.2, 0) is 0 Å². The highest BCUT2D eigenvalue weighted by Crippen LogP contribution is 2.22. The molecule has 17 heavy (non-hydrogen) atoms. The van der Waals surface area contributed by atoms with Crippen LogP contribution in [0.15, 0.2) is 17.4 Å². The minimum absolute atomic E-state index is 0.0992. The molecule has 1 aromatic rings. The number of ether oxygens (including phenoxy) is 1. The van der Waals surface area contributed by atoms with E-state index in [1.807, 2.05) is 12.3 Å². The van der Waals surface area contributed by atoms with E-state index in [0.717, 1.165) is 17.9 Å². The van der Waals surface area contributed by atoms with Gasteiger partial charge in [-0.15, -0.1) is 11.8 Å². The van der Waals surface area contributed by atoms with E-state index >= 15 is 0 Å². The number of thioether (sulfide) groups is 1. The molecule has 1 aliphatic rings. The summed E-state index contributed by atoms with van der Waals surface area (Å²) in [6, 6.07) is 2.01. The van der Waals surface area contributed by atoms with E-state index in [4.69, 9.17) is 10.5 Å². The highest BCUT2D eigenvalue weighted by atomic mass is 32.2. The molecule has 0 aromatic carbocycles. The van der Waals surface area contributed by atoms with Gasteiger partial charge in [-0.2, -0.15) is 0 Å². The first kappa shape index (κ1) is 12.6. The van der Waals surface area contributed by atoms with Crippen LogP contribution in [0.3, 0.4) is 0 Å². The third-order valence-corrected chi connectivity index (χ3v) is 3.74. The maximum atomic E-state index is 6.12. The van der Waals surface area contributed by atoms with Crippen LogP contribution in [0, 0.1) is 0 Å². The SMILES string of the molecule is CSc1cc(OC2CCCCCC2N)ncn1. The van der Waals surface area contributed by atoms with E-state index < -0.39 is 0 Å². The molecule has 1 saturated carbocycles. The molecule has 2 N–H and O–H groups in total. The molecular weight excluding hydrogens is 234 g/mol. The Labute approximate surface area is 106 Å². The Bertz CT molecular complexity index is 361. The fourth-order valence-electron chi connectivity index (χ4n) is 2.10. The lowest BCUT2D eigenvalue weighted by Crippen LogP contribution is -2.38. The fraction of sp³-hybridized carbons (Fsp3) is 0.667. The lowest BCUT2D eigenvalue weighted by atomic mass is 10.1. The van der Waals surface area contributed by atoms with Gasteiger partial charge in [0.2, 0.25) is 5.88 Å².